The van der Waals surface area contributed by atoms with Gasteiger partial charge in [0, 0.05) is 43.3 Å². The maximum absolute atomic E-state index is 5.48. The van der Waals surface area contributed by atoms with Gasteiger partial charge in [0.1, 0.15) is 0 Å². The Labute approximate surface area is 104 Å². The van der Waals surface area contributed by atoms with E-state index in [1.807, 2.05) is 6.26 Å². The van der Waals surface area contributed by atoms with Gasteiger partial charge in [0.15, 0.2) is 4.67 Å². The molecule has 0 saturated carbocycles. The molecule has 88 valence electrons. The van der Waals surface area contributed by atoms with E-state index in [1.165, 1.54) is 24.0 Å². The quantitative estimate of drug-likeness (QED) is 0.862. The highest BCUT2D eigenvalue weighted by Gasteiger charge is 2.32. The van der Waals surface area contributed by atoms with Gasteiger partial charge < -0.3 is 14.5 Å². The van der Waals surface area contributed by atoms with Gasteiger partial charge in [-0.05, 0) is 34.7 Å². The zero-order valence-electron chi connectivity index (χ0n) is 9.17. The molecule has 2 aliphatic rings. The van der Waals surface area contributed by atoms with Crippen molar-refractivity contribution in [1.82, 2.24) is 5.32 Å². The molecular formula is C12H16BrNO2. The van der Waals surface area contributed by atoms with Crippen LogP contribution in [0, 0.1) is 5.92 Å². The van der Waals surface area contributed by atoms with Crippen LogP contribution >= 0.6 is 15.9 Å². The van der Waals surface area contributed by atoms with E-state index < -0.39 is 0 Å². The van der Waals surface area contributed by atoms with E-state index in [0.29, 0.717) is 5.92 Å². The van der Waals surface area contributed by atoms with Crippen LogP contribution in [0.4, 0.5) is 0 Å². The highest BCUT2D eigenvalue weighted by molar-refractivity contribution is 9.10. The lowest BCUT2D eigenvalue weighted by molar-refractivity contribution is 0.0567. The van der Waals surface area contributed by atoms with Gasteiger partial charge in [-0.25, -0.2) is 0 Å². The topological polar surface area (TPSA) is 34.4 Å². The van der Waals surface area contributed by atoms with Crippen LogP contribution in [0.1, 0.15) is 29.9 Å². The Kier molecular flexibility index (Phi) is 3.05. The zero-order chi connectivity index (χ0) is 11.0. The van der Waals surface area contributed by atoms with Gasteiger partial charge in [0.25, 0.3) is 0 Å². The summed E-state index contributed by atoms with van der Waals surface area (Å²) in [5, 5.41) is 3.48. The number of furan rings is 1. The zero-order valence-corrected chi connectivity index (χ0v) is 10.8. The second-order valence-electron chi connectivity index (χ2n) is 4.64. The molecule has 1 saturated heterocycles. The molecule has 3 heterocycles. The van der Waals surface area contributed by atoms with Crippen molar-refractivity contribution in [2.24, 2.45) is 5.92 Å². The Morgan fingerprint density at radius 2 is 2.12 bits per heavy atom. The third-order valence-corrected chi connectivity index (χ3v) is 4.36. The third-order valence-electron chi connectivity index (χ3n) is 3.75. The summed E-state index contributed by atoms with van der Waals surface area (Å²) in [5.74, 6) is 1.31. The maximum Gasteiger partial charge on any atom is 0.172 e. The van der Waals surface area contributed by atoms with E-state index in [1.54, 1.807) is 0 Å². The monoisotopic (exact) mass is 285 g/mol. The minimum absolute atomic E-state index is 0.584. The number of hydrogen-bond donors (Lipinski definition) is 1. The van der Waals surface area contributed by atoms with Gasteiger partial charge in [-0.3, -0.25) is 0 Å². The molecule has 4 heteroatoms. The lowest BCUT2D eigenvalue weighted by Gasteiger charge is -2.33. The molecule has 16 heavy (non-hydrogen) atoms. The molecule has 0 aromatic carbocycles. The molecule has 3 nitrogen and oxygen atoms in total. The first-order valence-corrected chi connectivity index (χ1v) is 6.70. The molecular weight excluding hydrogens is 270 g/mol. The molecule has 1 N–H and O–H groups in total. The normalized spacial score (nSPS) is 26.7. The van der Waals surface area contributed by atoms with Crippen molar-refractivity contribution >= 4 is 15.9 Å². The van der Waals surface area contributed by atoms with Crippen molar-refractivity contribution in [3.05, 3.63) is 22.1 Å². The van der Waals surface area contributed by atoms with Crippen LogP contribution in [0.15, 0.2) is 15.3 Å². The number of halogens is 1. The second kappa shape index (κ2) is 4.51. The standard InChI is InChI=1S/C12H16BrNO2/c13-12-11-9(7-16-12)5-14-6-10(11)8-1-3-15-4-2-8/h7-8,10,14H,1-6H2. The molecule has 1 aromatic heterocycles. The van der Waals surface area contributed by atoms with E-state index in [9.17, 15) is 0 Å². The number of fused-ring (bicyclic) bond motifs is 1. The fourth-order valence-corrected chi connectivity index (χ4v) is 3.52. The van der Waals surface area contributed by atoms with Gasteiger partial charge in [-0.1, -0.05) is 0 Å². The highest BCUT2D eigenvalue weighted by Crippen LogP contribution is 2.40. The first-order chi connectivity index (χ1) is 7.86. The van der Waals surface area contributed by atoms with Crippen LogP contribution in [0.2, 0.25) is 0 Å². The number of nitrogens with one attached hydrogen (secondary N) is 1. The predicted molar refractivity (Wildman–Crippen MR) is 64.4 cm³/mol. The van der Waals surface area contributed by atoms with Gasteiger partial charge in [-0.2, -0.15) is 0 Å². The summed E-state index contributed by atoms with van der Waals surface area (Å²) >= 11 is 3.53. The molecule has 0 spiro atoms. The van der Waals surface area contributed by atoms with E-state index in [2.05, 4.69) is 21.2 Å². The smallest absolute Gasteiger partial charge is 0.172 e. The third kappa shape index (κ3) is 1.83. The molecule has 1 atom stereocenters. The molecule has 1 unspecified atom stereocenters. The van der Waals surface area contributed by atoms with E-state index in [4.69, 9.17) is 9.15 Å². The molecule has 0 radical (unpaired) electrons. The van der Waals surface area contributed by atoms with Gasteiger partial charge >= 0.3 is 0 Å². The van der Waals surface area contributed by atoms with Crippen molar-refractivity contribution in [2.75, 3.05) is 19.8 Å². The van der Waals surface area contributed by atoms with E-state index in [0.717, 1.165) is 36.9 Å². The lowest BCUT2D eigenvalue weighted by Crippen LogP contribution is -2.34. The van der Waals surface area contributed by atoms with Crippen LogP contribution in [0.3, 0.4) is 0 Å². The summed E-state index contributed by atoms with van der Waals surface area (Å²) < 4.78 is 11.8. The molecule has 1 fully saturated rings. The first-order valence-electron chi connectivity index (χ1n) is 5.90. The van der Waals surface area contributed by atoms with Crippen LogP contribution < -0.4 is 5.32 Å². The number of ether oxygens (including phenoxy) is 1. The average molecular weight is 286 g/mol. The summed E-state index contributed by atoms with van der Waals surface area (Å²) in [5.41, 5.74) is 2.71. The van der Waals surface area contributed by atoms with Crippen molar-refractivity contribution < 1.29 is 9.15 Å². The molecule has 3 rings (SSSR count). The average Bonchev–Trinajstić information content (AvgIpc) is 2.73. The predicted octanol–water partition coefficient (Wildman–Crippen LogP) is 2.66. The highest BCUT2D eigenvalue weighted by atomic mass is 79.9. The Hall–Kier alpha value is -0.320. The van der Waals surface area contributed by atoms with E-state index >= 15 is 0 Å². The number of rotatable bonds is 1. The number of hydrogen-bond acceptors (Lipinski definition) is 3. The molecule has 0 bridgehead atoms. The Bertz CT molecular complexity index is 371. The molecule has 1 aromatic rings. The summed E-state index contributed by atoms with van der Waals surface area (Å²) in [6.45, 7) is 3.82. The summed E-state index contributed by atoms with van der Waals surface area (Å²) in [6.07, 6.45) is 4.21. The summed E-state index contributed by atoms with van der Waals surface area (Å²) in [7, 11) is 0. The molecule has 2 aliphatic heterocycles. The van der Waals surface area contributed by atoms with Crippen molar-refractivity contribution in [3.8, 4) is 0 Å². The van der Waals surface area contributed by atoms with Crippen molar-refractivity contribution in [3.63, 3.8) is 0 Å². The summed E-state index contributed by atoms with van der Waals surface area (Å²) in [4.78, 5) is 0. The summed E-state index contributed by atoms with van der Waals surface area (Å²) in [6, 6.07) is 0. The van der Waals surface area contributed by atoms with Gasteiger partial charge in [0.05, 0.1) is 6.26 Å². The Morgan fingerprint density at radius 1 is 1.31 bits per heavy atom. The second-order valence-corrected chi connectivity index (χ2v) is 5.36. The van der Waals surface area contributed by atoms with Gasteiger partial charge in [-0.15, -0.1) is 0 Å². The van der Waals surface area contributed by atoms with Crippen LogP contribution in [-0.2, 0) is 11.3 Å². The maximum atomic E-state index is 5.48. The minimum Gasteiger partial charge on any atom is -0.457 e. The minimum atomic E-state index is 0.584. The van der Waals surface area contributed by atoms with Crippen LogP contribution in [0.25, 0.3) is 0 Å². The largest absolute Gasteiger partial charge is 0.457 e. The van der Waals surface area contributed by atoms with Gasteiger partial charge in [0.2, 0.25) is 0 Å². The lowest BCUT2D eigenvalue weighted by atomic mass is 9.79. The first kappa shape index (κ1) is 10.8. The van der Waals surface area contributed by atoms with Crippen molar-refractivity contribution in [1.29, 1.82) is 0 Å². The molecule has 0 amide bonds. The fourth-order valence-electron chi connectivity index (χ4n) is 2.88. The SMILES string of the molecule is Brc1occ2c1C(C1CCOCC1)CNC2. The van der Waals surface area contributed by atoms with Crippen LogP contribution in [0.5, 0.6) is 0 Å². The fraction of sp³-hybridized carbons (Fsp3) is 0.667. The molecule has 0 aliphatic carbocycles. The Balaban J connectivity index is 1.88. The van der Waals surface area contributed by atoms with Crippen LogP contribution in [-0.4, -0.2) is 19.8 Å². The van der Waals surface area contributed by atoms with Crippen molar-refractivity contribution in [2.45, 2.75) is 25.3 Å². The Morgan fingerprint density at radius 3 is 2.94 bits per heavy atom. The van der Waals surface area contributed by atoms with E-state index in [-0.39, 0.29) is 0 Å².